The predicted octanol–water partition coefficient (Wildman–Crippen LogP) is 1.29. The summed E-state index contributed by atoms with van der Waals surface area (Å²) in [6.45, 7) is 3.92. The van der Waals surface area contributed by atoms with Gasteiger partial charge in [0.15, 0.2) is 0 Å². The Bertz CT molecular complexity index is 507. The highest BCUT2D eigenvalue weighted by Gasteiger charge is 2.21. The Hall–Kier alpha value is -1.63. The van der Waals surface area contributed by atoms with Crippen molar-refractivity contribution in [3.8, 4) is 0 Å². The van der Waals surface area contributed by atoms with Crippen LogP contribution in [0.15, 0.2) is 18.2 Å². The minimum absolute atomic E-state index is 0.197. The summed E-state index contributed by atoms with van der Waals surface area (Å²) < 4.78 is 15.6. The Morgan fingerprint density at radius 2 is 2.27 bits per heavy atom. The van der Waals surface area contributed by atoms with Crippen LogP contribution in [0.5, 0.6) is 0 Å². The normalized spacial score (nSPS) is 19.1. The molecule has 1 saturated heterocycles. The molecule has 2 rings (SSSR count). The van der Waals surface area contributed by atoms with E-state index >= 15 is 0 Å². The molecule has 1 aliphatic rings. The first-order chi connectivity index (χ1) is 10.6. The number of nitrogens with zero attached hydrogens (tertiary/aromatic N) is 1. The number of esters is 1. The third-order valence-corrected chi connectivity index (χ3v) is 3.80. The number of carbonyl (C=O) groups is 1. The largest absolute Gasteiger partial charge is 0.465 e. The zero-order valence-corrected chi connectivity index (χ0v) is 13.2. The number of hydrogen-bond donors (Lipinski definition) is 1. The molecule has 122 valence electrons. The van der Waals surface area contributed by atoms with Gasteiger partial charge in [0, 0.05) is 39.0 Å². The van der Waals surface area contributed by atoms with Crippen molar-refractivity contribution in [2.45, 2.75) is 19.1 Å². The summed E-state index contributed by atoms with van der Waals surface area (Å²) in [5, 5.41) is 0. The summed E-state index contributed by atoms with van der Waals surface area (Å²) >= 11 is 0. The quantitative estimate of drug-likeness (QED) is 0.630. The fraction of sp³-hybridized carbons (Fsp3) is 0.562. The molecule has 1 aliphatic heterocycles. The Balaban J connectivity index is 1.99. The van der Waals surface area contributed by atoms with Crippen molar-refractivity contribution >= 4 is 11.7 Å². The van der Waals surface area contributed by atoms with Crippen LogP contribution >= 0.6 is 0 Å². The molecule has 1 fully saturated rings. The van der Waals surface area contributed by atoms with E-state index in [1.54, 1.807) is 19.2 Å². The summed E-state index contributed by atoms with van der Waals surface area (Å²) in [6.07, 6.45) is 1.09. The van der Waals surface area contributed by atoms with Gasteiger partial charge in [-0.1, -0.05) is 6.07 Å². The van der Waals surface area contributed by atoms with Crippen molar-refractivity contribution in [1.29, 1.82) is 0 Å². The molecule has 1 aromatic carbocycles. The number of benzene rings is 1. The number of rotatable bonds is 6. The molecule has 1 aromatic rings. The second kappa shape index (κ2) is 8.12. The van der Waals surface area contributed by atoms with E-state index in [-0.39, 0.29) is 6.10 Å². The standard InChI is InChI=1S/C16H24N2O4/c1-20-7-5-13-11-18(6-8-22-13)10-12-3-4-15(17)14(9-12)16(19)21-2/h3-4,9,13H,5-8,10-11,17H2,1-2H3/t13-/m1/s1. The third kappa shape index (κ3) is 4.43. The Kier molecular flexibility index (Phi) is 6.18. The van der Waals surface area contributed by atoms with Crippen molar-refractivity contribution in [1.82, 2.24) is 4.90 Å². The maximum atomic E-state index is 11.7. The molecule has 6 nitrogen and oxygen atoms in total. The number of morpholine rings is 1. The van der Waals surface area contributed by atoms with E-state index in [0.29, 0.717) is 24.5 Å². The van der Waals surface area contributed by atoms with Gasteiger partial charge in [0.25, 0.3) is 0 Å². The van der Waals surface area contributed by atoms with Gasteiger partial charge < -0.3 is 19.9 Å². The minimum Gasteiger partial charge on any atom is -0.465 e. The van der Waals surface area contributed by atoms with Crippen molar-refractivity contribution in [2.75, 3.05) is 46.3 Å². The van der Waals surface area contributed by atoms with Gasteiger partial charge in [0.1, 0.15) is 0 Å². The van der Waals surface area contributed by atoms with Gasteiger partial charge in [-0.2, -0.15) is 0 Å². The van der Waals surface area contributed by atoms with Crippen LogP contribution in [0, 0.1) is 0 Å². The summed E-state index contributed by atoms with van der Waals surface area (Å²) in [5.41, 5.74) is 7.73. The average Bonchev–Trinajstić information content (AvgIpc) is 2.54. The van der Waals surface area contributed by atoms with E-state index in [1.165, 1.54) is 7.11 Å². The topological polar surface area (TPSA) is 74.0 Å². The lowest BCUT2D eigenvalue weighted by atomic mass is 10.1. The lowest BCUT2D eigenvalue weighted by Gasteiger charge is -2.33. The van der Waals surface area contributed by atoms with E-state index < -0.39 is 5.97 Å². The number of methoxy groups -OCH3 is 2. The predicted molar refractivity (Wildman–Crippen MR) is 83.7 cm³/mol. The van der Waals surface area contributed by atoms with Crippen LogP contribution in [0.1, 0.15) is 22.3 Å². The molecule has 0 unspecified atom stereocenters. The molecule has 0 aromatic heterocycles. The number of hydrogen-bond acceptors (Lipinski definition) is 6. The summed E-state index contributed by atoms with van der Waals surface area (Å²) in [7, 11) is 3.06. The first kappa shape index (κ1) is 16.7. The van der Waals surface area contributed by atoms with Crippen LogP contribution in [0.25, 0.3) is 0 Å². The van der Waals surface area contributed by atoms with Crippen LogP contribution < -0.4 is 5.73 Å². The molecule has 22 heavy (non-hydrogen) atoms. The van der Waals surface area contributed by atoms with Crippen molar-refractivity contribution < 1.29 is 19.0 Å². The number of nitrogens with two attached hydrogens (primary N) is 1. The van der Waals surface area contributed by atoms with Gasteiger partial charge in [-0.15, -0.1) is 0 Å². The Morgan fingerprint density at radius 3 is 3.00 bits per heavy atom. The SMILES string of the molecule is COCC[C@@H]1CN(Cc2ccc(N)c(C(=O)OC)c2)CCO1. The van der Waals surface area contributed by atoms with Crippen molar-refractivity contribution in [2.24, 2.45) is 0 Å². The summed E-state index contributed by atoms with van der Waals surface area (Å²) in [4.78, 5) is 14.0. The molecule has 1 heterocycles. The Labute approximate surface area is 131 Å². The van der Waals surface area contributed by atoms with Gasteiger partial charge in [0.2, 0.25) is 0 Å². The number of carbonyl (C=O) groups excluding carboxylic acids is 1. The van der Waals surface area contributed by atoms with Crippen LogP contribution in [-0.4, -0.2) is 57.5 Å². The lowest BCUT2D eigenvalue weighted by molar-refractivity contribution is -0.0432. The smallest absolute Gasteiger partial charge is 0.339 e. The van der Waals surface area contributed by atoms with E-state index in [0.717, 1.165) is 31.6 Å². The molecule has 0 bridgehead atoms. The first-order valence-corrected chi connectivity index (χ1v) is 7.43. The first-order valence-electron chi connectivity index (χ1n) is 7.43. The molecule has 0 aliphatic carbocycles. The molecule has 1 atom stereocenters. The van der Waals surface area contributed by atoms with Crippen LogP contribution in [0.3, 0.4) is 0 Å². The average molecular weight is 308 g/mol. The van der Waals surface area contributed by atoms with Crippen LogP contribution in [0.2, 0.25) is 0 Å². The molecule has 0 amide bonds. The minimum atomic E-state index is -0.403. The van der Waals surface area contributed by atoms with Gasteiger partial charge in [-0.05, 0) is 24.1 Å². The highest BCUT2D eigenvalue weighted by Crippen LogP contribution is 2.18. The highest BCUT2D eigenvalue weighted by atomic mass is 16.5. The lowest BCUT2D eigenvalue weighted by Crippen LogP contribution is -2.42. The van der Waals surface area contributed by atoms with Crippen LogP contribution in [-0.2, 0) is 20.8 Å². The summed E-state index contributed by atoms with van der Waals surface area (Å²) in [6, 6.07) is 5.51. The van der Waals surface area contributed by atoms with Gasteiger partial charge in [-0.25, -0.2) is 4.79 Å². The molecule has 0 radical (unpaired) electrons. The maximum absolute atomic E-state index is 11.7. The third-order valence-electron chi connectivity index (χ3n) is 3.80. The fourth-order valence-corrected chi connectivity index (χ4v) is 2.59. The molecule has 0 spiro atoms. The zero-order valence-electron chi connectivity index (χ0n) is 13.2. The fourth-order valence-electron chi connectivity index (χ4n) is 2.59. The molecule has 6 heteroatoms. The summed E-state index contributed by atoms with van der Waals surface area (Å²) in [5.74, 6) is -0.403. The highest BCUT2D eigenvalue weighted by molar-refractivity contribution is 5.95. The Morgan fingerprint density at radius 1 is 1.45 bits per heavy atom. The van der Waals surface area contributed by atoms with Gasteiger partial charge in [0.05, 0.1) is 25.4 Å². The van der Waals surface area contributed by atoms with E-state index in [2.05, 4.69) is 4.90 Å². The van der Waals surface area contributed by atoms with Crippen molar-refractivity contribution in [3.05, 3.63) is 29.3 Å². The number of nitrogen functional groups attached to an aromatic ring is 1. The van der Waals surface area contributed by atoms with E-state index in [9.17, 15) is 4.79 Å². The molecular formula is C16H24N2O4. The molecule has 2 N–H and O–H groups in total. The number of anilines is 1. The van der Waals surface area contributed by atoms with Gasteiger partial charge in [-0.3, -0.25) is 4.90 Å². The van der Waals surface area contributed by atoms with Crippen LogP contribution in [0.4, 0.5) is 5.69 Å². The van der Waals surface area contributed by atoms with Crippen molar-refractivity contribution in [3.63, 3.8) is 0 Å². The van der Waals surface area contributed by atoms with E-state index in [1.807, 2.05) is 6.07 Å². The van der Waals surface area contributed by atoms with Gasteiger partial charge >= 0.3 is 5.97 Å². The second-order valence-electron chi connectivity index (χ2n) is 5.42. The monoisotopic (exact) mass is 308 g/mol. The zero-order chi connectivity index (χ0) is 15.9. The molecule has 0 saturated carbocycles. The van der Waals surface area contributed by atoms with E-state index in [4.69, 9.17) is 19.9 Å². The number of ether oxygens (including phenoxy) is 3. The second-order valence-corrected chi connectivity index (χ2v) is 5.42. The molecular weight excluding hydrogens is 284 g/mol. The maximum Gasteiger partial charge on any atom is 0.339 e.